The van der Waals surface area contributed by atoms with Crippen molar-refractivity contribution in [1.29, 1.82) is 5.26 Å². The molecule has 0 saturated carbocycles. The Bertz CT molecular complexity index is 773. The SMILES string of the molecule is N#Cc1cccc(C(=O)/C=C/c2ccccc2[N+](=O)[O-])c1. The van der Waals surface area contributed by atoms with E-state index in [0.29, 0.717) is 16.7 Å². The van der Waals surface area contributed by atoms with Crippen molar-refractivity contribution in [2.75, 3.05) is 0 Å². The lowest BCUT2D eigenvalue weighted by Gasteiger charge is -1.98. The second-order valence-electron chi connectivity index (χ2n) is 4.21. The highest BCUT2D eigenvalue weighted by Crippen LogP contribution is 2.19. The highest BCUT2D eigenvalue weighted by Gasteiger charge is 2.10. The van der Waals surface area contributed by atoms with Gasteiger partial charge in [0.2, 0.25) is 0 Å². The zero-order valence-corrected chi connectivity index (χ0v) is 10.9. The number of hydrogen-bond donors (Lipinski definition) is 0. The highest BCUT2D eigenvalue weighted by molar-refractivity contribution is 6.07. The van der Waals surface area contributed by atoms with Crippen molar-refractivity contribution in [2.45, 2.75) is 0 Å². The van der Waals surface area contributed by atoms with E-state index >= 15 is 0 Å². The summed E-state index contributed by atoms with van der Waals surface area (Å²) in [5, 5.41) is 19.7. The van der Waals surface area contributed by atoms with Gasteiger partial charge in [-0.05, 0) is 30.4 Å². The first-order valence-electron chi connectivity index (χ1n) is 6.08. The molecule has 0 bridgehead atoms. The van der Waals surface area contributed by atoms with E-state index in [4.69, 9.17) is 5.26 Å². The lowest BCUT2D eigenvalue weighted by molar-refractivity contribution is -0.385. The molecule has 5 heteroatoms. The monoisotopic (exact) mass is 278 g/mol. The summed E-state index contributed by atoms with van der Waals surface area (Å²) in [6.45, 7) is 0. The van der Waals surface area contributed by atoms with Crippen LogP contribution in [0.4, 0.5) is 5.69 Å². The molecule has 0 aliphatic heterocycles. The Hall–Kier alpha value is -3.26. The van der Waals surface area contributed by atoms with E-state index in [1.54, 1.807) is 36.4 Å². The number of hydrogen-bond acceptors (Lipinski definition) is 4. The topological polar surface area (TPSA) is 84.0 Å². The molecule has 0 aromatic heterocycles. The summed E-state index contributed by atoms with van der Waals surface area (Å²) >= 11 is 0. The van der Waals surface area contributed by atoms with Crippen LogP contribution in [0, 0.1) is 21.4 Å². The maximum atomic E-state index is 12.0. The zero-order chi connectivity index (χ0) is 15.2. The largest absolute Gasteiger partial charge is 0.289 e. The van der Waals surface area contributed by atoms with E-state index in [1.165, 1.54) is 24.3 Å². The number of carbonyl (C=O) groups excluding carboxylic acids is 1. The Labute approximate surface area is 120 Å². The van der Waals surface area contributed by atoms with Crippen molar-refractivity contribution < 1.29 is 9.72 Å². The third-order valence-electron chi connectivity index (χ3n) is 2.82. The third kappa shape index (κ3) is 3.39. The molecular formula is C16H10N2O3. The number of nitro benzene ring substituents is 1. The average Bonchev–Trinajstić information content (AvgIpc) is 2.52. The smallest absolute Gasteiger partial charge is 0.276 e. The maximum Gasteiger partial charge on any atom is 0.276 e. The average molecular weight is 278 g/mol. The molecule has 0 amide bonds. The van der Waals surface area contributed by atoms with E-state index < -0.39 is 4.92 Å². The van der Waals surface area contributed by atoms with Gasteiger partial charge in [0.25, 0.3) is 5.69 Å². The summed E-state index contributed by atoms with van der Waals surface area (Å²) in [6.07, 6.45) is 2.67. The van der Waals surface area contributed by atoms with Crippen molar-refractivity contribution >= 4 is 17.5 Å². The molecule has 0 spiro atoms. The van der Waals surface area contributed by atoms with Crippen LogP contribution >= 0.6 is 0 Å². The van der Waals surface area contributed by atoms with Crippen LogP contribution in [-0.4, -0.2) is 10.7 Å². The number of nitro groups is 1. The van der Waals surface area contributed by atoms with Crippen LogP contribution in [0.5, 0.6) is 0 Å². The molecular weight excluding hydrogens is 268 g/mol. The van der Waals surface area contributed by atoms with Gasteiger partial charge in [0.05, 0.1) is 22.1 Å². The fourth-order valence-corrected chi connectivity index (χ4v) is 1.80. The lowest BCUT2D eigenvalue weighted by atomic mass is 10.1. The Morgan fingerprint density at radius 2 is 1.95 bits per heavy atom. The fourth-order valence-electron chi connectivity index (χ4n) is 1.80. The molecule has 0 fully saturated rings. The van der Waals surface area contributed by atoms with Crippen molar-refractivity contribution in [3.8, 4) is 6.07 Å². The molecule has 0 aliphatic rings. The van der Waals surface area contributed by atoms with E-state index in [-0.39, 0.29) is 11.5 Å². The highest BCUT2D eigenvalue weighted by atomic mass is 16.6. The van der Waals surface area contributed by atoms with Crippen LogP contribution in [0.1, 0.15) is 21.5 Å². The standard InChI is InChI=1S/C16H10N2O3/c17-11-12-4-3-6-14(10-12)16(19)9-8-13-5-1-2-7-15(13)18(20)21/h1-10H/b9-8+. The Morgan fingerprint density at radius 1 is 1.19 bits per heavy atom. The summed E-state index contributed by atoms with van der Waals surface area (Å²) < 4.78 is 0. The van der Waals surface area contributed by atoms with E-state index in [1.807, 2.05) is 6.07 Å². The number of benzene rings is 2. The predicted molar refractivity (Wildman–Crippen MR) is 77.6 cm³/mol. The second kappa shape index (κ2) is 6.26. The Morgan fingerprint density at radius 3 is 2.67 bits per heavy atom. The van der Waals surface area contributed by atoms with Crippen LogP contribution in [0.2, 0.25) is 0 Å². The third-order valence-corrected chi connectivity index (χ3v) is 2.82. The van der Waals surface area contributed by atoms with Gasteiger partial charge in [-0.15, -0.1) is 0 Å². The summed E-state index contributed by atoms with van der Waals surface area (Å²) in [5.41, 5.74) is 1.04. The van der Waals surface area contributed by atoms with Gasteiger partial charge in [-0.25, -0.2) is 0 Å². The Balaban J connectivity index is 2.27. The number of carbonyl (C=O) groups is 1. The molecule has 21 heavy (non-hydrogen) atoms. The number of para-hydroxylation sites is 1. The van der Waals surface area contributed by atoms with Gasteiger partial charge >= 0.3 is 0 Å². The molecule has 2 aromatic carbocycles. The van der Waals surface area contributed by atoms with E-state index in [0.717, 1.165) is 0 Å². The summed E-state index contributed by atoms with van der Waals surface area (Å²) in [6, 6.07) is 14.4. The van der Waals surface area contributed by atoms with Crippen molar-refractivity contribution in [3.63, 3.8) is 0 Å². The maximum absolute atomic E-state index is 12.0. The number of rotatable bonds is 4. The molecule has 5 nitrogen and oxygen atoms in total. The number of nitriles is 1. The van der Waals surface area contributed by atoms with Crippen LogP contribution in [0.25, 0.3) is 6.08 Å². The van der Waals surface area contributed by atoms with Crippen LogP contribution in [-0.2, 0) is 0 Å². The molecule has 2 rings (SSSR count). The van der Waals surface area contributed by atoms with Gasteiger partial charge in [-0.2, -0.15) is 5.26 Å². The fraction of sp³-hybridized carbons (Fsp3) is 0. The van der Waals surface area contributed by atoms with Gasteiger partial charge in [-0.1, -0.05) is 24.3 Å². The first-order chi connectivity index (χ1) is 10.1. The van der Waals surface area contributed by atoms with E-state index in [9.17, 15) is 14.9 Å². The van der Waals surface area contributed by atoms with Gasteiger partial charge in [0, 0.05) is 11.6 Å². The first kappa shape index (κ1) is 14.2. The number of nitrogens with zero attached hydrogens (tertiary/aromatic N) is 2. The normalized spacial score (nSPS) is 10.2. The molecule has 0 atom stereocenters. The van der Waals surface area contributed by atoms with Crippen molar-refractivity contribution in [1.82, 2.24) is 0 Å². The number of allylic oxidation sites excluding steroid dienone is 1. The molecule has 0 unspecified atom stereocenters. The minimum absolute atomic E-state index is 0.0627. The molecule has 2 aromatic rings. The van der Waals surface area contributed by atoms with Gasteiger partial charge in [0.1, 0.15) is 0 Å². The van der Waals surface area contributed by atoms with Crippen molar-refractivity contribution in [3.05, 3.63) is 81.4 Å². The van der Waals surface area contributed by atoms with Crippen molar-refractivity contribution in [2.24, 2.45) is 0 Å². The second-order valence-corrected chi connectivity index (χ2v) is 4.21. The number of ketones is 1. The quantitative estimate of drug-likeness (QED) is 0.371. The summed E-state index contributed by atoms with van der Waals surface area (Å²) in [7, 11) is 0. The minimum Gasteiger partial charge on any atom is -0.289 e. The van der Waals surface area contributed by atoms with Crippen LogP contribution in [0.3, 0.4) is 0 Å². The lowest BCUT2D eigenvalue weighted by Crippen LogP contribution is -1.95. The van der Waals surface area contributed by atoms with E-state index in [2.05, 4.69) is 0 Å². The van der Waals surface area contributed by atoms with Crippen LogP contribution < -0.4 is 0 Å². The predicted octanol–water partition coefficient (Wildman–Crippen LogP) is 3.36. The molecule has 0 aliphatic carbocycles. The summed E-state index contributed by atoms with van der Waals surface area (Å²) in [4.78, 5) is 22.4. The summed E-state index contributed by atoms with van der Waals surface area (Å²) in [5.74, 6) is -0.315. The molecule has 0 saturated heterocycles. The van der Waals surface area contributed by atoms with Gasteiger partial charge in [-0.3, -0.25) is 14.9 Å². The first-order valence-corrected chi connectivity index (χ1v) is 6.08. The van der Waals surface area contributed by atoms with Gasteiger partial charge < -0.3 is 0 Å². The molecule has 0 N–H and O–H groups in total. The zero-order valence-electron chi connectivity index (χ0n) is 10.9. The minimum atomic E-state index is -0.500. The van der Waals surface area contributed by atoms with Crippen LogP contribution in [0.15, 0.2) is 54.6 Å². The Kier molecular flexibility index (Phi) is 4.22. The molecule has 0 heterocycles. The van der Waals surface area contributed by atoms with Gasteiger partial charge in [0.15, 0.2) is 5.78 Å². The molecule has 102 valence electrons. The molecule has 0 radical (unpaired) electrons.